The van der Waals surface area contributed by atoms with E-state index in [4.69, 9.17) is 4.99 Å². The summed E-state index contributed by atoms with van der Waals surface area (Å²) in [5.74, 6) is 1.04. The van der Waals surface area contributed by atoms with E-state index in [0.29, 0.717) is 0 Å². The SMILES string of the molecule is CC1=C(c2cccc(-c3ccccc3)c2)NC(c2ccccc2)=NC(c2cccc(-c3cccc(-c4ccc5c(c4)C(C)(C)c4ccccc4-5)c3)c2)C1C. The van der Waals surface area contributed by atoms with Gasteiger partial charge in [0, 0.05) is 22.6 Å². The number of nitrogens with one attached hydrogen (secondary N) is 1. The van der Waals surface area contributed by atoms with Gasteiger partial charge in [-0.3, -0.25) is 4.99 Å². The molecule has 9 rings (SSSR count). The highest BCUT2D eigenvalue weighted by Crippen LogP contribution is 2.49. The maximum absolute atomic E-state index is 5.53. The van der Waals surface area contributed by atoms with Crippen LogP contribution in [0.1, 0.15) is 61.6 Å². The molecule has 2 nitrogen and oxygen atoms in total. The molecule has 2 unspecified atom stereocenters. The van der Waals surface area contributed by atoms with E-state index in [2.05, 4.69) is 209 Å². The lowest BCUT2D eigenvalue weighted by atomic mass is 9.81. The molecule has 0 bridgehead atoms. The van der Waals surface area contributed by atoms with Crippen molar-refractivity contribution in [3.8, 4) is 44.5 Å². The van der Waals surface area contributed by atoms with Crippen LogP contribution in [0.25, 0.3) is 50.2 Å². The molecule has 2 atom stereocenters. The van der Waals surface area contributed by atoms with Crippen molar-refractivity contribution in [1.82, 2.24) is 5.32 Å². The van der Waals surface area contributed by atoms with Crippen LogP contribution in [0, 0.1) is 5.92 Å². The Bertz CT molecular complexity index is 2570. The predicted molar refractivity (Wildman–Crippen MR) is 227 cm³/mol. The third-order valence-corrected chi connectivity index (χ3v) is 11.7. The summed E-state index contributed by atoms with van der Waals surface area (Å²) in [5, 5.41) is 3.84. The largest absolute Gasteiger partial charge is 0.340 e. The van der Waals surface area contributed by atoms with Crippen molar-refractivity contribution in [3.05, 3.63) is 209 Å². The molecule has 262 valence electrons. The van der Waals surface area contributed by atoms with Crippen molar-refractivity contribution in [2.45, 2.75) is 39.2 Å². The molecule has 1 aliphatic heterocycles. The first-order chi connectivity index (χ1) is 26.3. The van der Waals surface area contributed by atoms with Crippen LogP contribution in [0.3, 0.4) is 0 Å². The van der Waals surface area contributed by atoms with Crippen LogP contribution in [-0.2, 0) is 5.41 Å². The number of hydrogen-bond acceptors (Lipinski definition) is 2. The van der Waals surface area contributed by atoms with Crippen LogP contribution in [0.15, 0.2) is 186 Å². The molecule has 0 saturated carbocycles. The number of benzene rings is 7. The van der Waals surface area contributed by atoms with E-state index in [1.54, 1.807) is 0 Å². The minimum Gasteiger partial charge on any atom is -0.340 e. The molecule has 1 heterocycles. The van der Waals surface area contributed by atoms with Gasteiger partial charge in [0.25, 0.3) is 0 Å². The lowest BCUT2D eigenvalue weighted by Crippen LogP contribution is -2.23. The Labute approximate surface area is 319 Å². The zero-order chi connectivity index (χ0) is 36.8. The molecule has 0 fully saturated rings. The number of hydrogen-bond donors (Lipinski definition) is 1. The topological polar surface area (TPSA) is 24.4 Å². The second-order valence-electron chi connectivity index (χ2n) is 15.3. The summed E-state index contributed by atoms with van der Waals surface area (Å²) in [6.07, 6.45) is 0. The monoisotopic (exact) mass is 696 g/mol. The van der Waals surface area contributed by atoms with Gasteiger partial charge >= 0.3 is 0 Å². The number of aliphatic imine (C=N–C) groups is 1. The third-order valence-electron chi connectivity index (χ3n) is 11.7. The molecule has 2 aliphatic rings. The molecule has 1 aliphatic carbocycles. The van der Waals surface area contributed by atoms with Crippen LogP contribution < -0.4 is 5.32 Å². The van der Waals surface area contributed by atoms with E-state index < -0.39 is 0 Å². The summed E-state index contributed by atoms with van der Waals surface area (Å²) >= 11 is 0. The first-order valence-corrected chi connectivity index (χ1v) is 19.1. The van der Waals surface area contributed by atoms with Crippen LogP contribution in [0.5, 0.6) is 0 Å². The van der Waals surface area contributed by atoms with E-state index in [1.165, 1.54) is 66.8 Å². The zero-order valence-electron chi connectivity index (χ0n) is 31.3. The van der Waals surface area contributed by atoms with E-state index in [0.717, 1.165) is 22.7 Å². The van der Waals surface area contributed by atoms with E-state index in [-0.39, 0.29) is 17.4 Å². The molecule has 0 spiro atoms. The molecule has 0 radical (unpaired) electrons. The van der Waals surface area contributed by atoms with Crippen LogP contribution >= 0.6 is 0 Å². The Morgan fingerprint density at radius 2 is 0.981 bits per heavy atom. The van der Waals surface area contributed by atoms with Gasteiger partial charge in [-0.1, -0.05) is 172 Å². The molecular weight excluding hydrogens is 653 g/mol. The molecule has 2 heteroatoms. The quantitative estimate of drug-likeness (QED) is 0.184. The Kier molecular flexibility index (Phi) is 8.47. The zero-order valence-corrected chi connectivity index (χ0v) is 31.3. The molecular formula is C52H44N2. The van der Waals surface area contributed by atoms with Gasteiger partial charge in [0.15, 0.2) is 0 Å². The molecule has 1 N–H and O–H groups in total. The molecule has 0 amide bonds. The fraction of sp³-hybridized carbons (Fsp3) is 0.135. The number of nitrogens with zero attached hydrogens (tertiary/aromatic N) is 1. The van der Waals surface area contributed by atoms with E-state index in [1.807, 2.05) is 0 Å². The number of fused-ring (bicyclic) bond motifs is 3. The Morgan fingerprint density at radius 3 is 1.70 bits per heavy atom. The molecule has 0 aromatic heterocycles. The van der Waals surface area contributed by atoms with Crippen molar-refractivity contribution in [1.29, 1.82) is 0 Å². The Morgan fingerprint density at radius 1 is 0.463 bits per heavy atom. The summed E-state index contributed by atoms with van der Waals surface area (Å²) in [5.41, 5.74) is 18.6. The van der Waals surface area contributed by atoms with Gasteiger partial charge in [0.05, 0.1) is 6.04 Å². The number of rotatable bonds is 6. The van der Waals surface area contributed by atoms with Gasteiger partial charge < -0.3 is 5.32 Å². The number of amidine groups is 1. The van der Waals surface area contributed by atoms with Crippen molar-refractivity contribution in [2.24, 2.45) is 10.9 Å². The van der Waals surface area contributed by atoms with Crippen molar-refractivity contribution in [2.75, 3.05) is 0 Å². The van der Waals surface area contributed by atoms with E-state index >= 15 is 0 Å². The van der Waals surface area contributed by atoms with E-state index in [9.17, 15) is 0 Å². The average molecular weight is 697 g/mol. The Balaban J connectivity index is 1.09. The second kappa shape index (κ2) is 13.6. The van der Waals surface area contributed by atoms with Gasteiger partial charge in [-0.25, -0.2) is 0 Å². The highest BCUT2D eigenvalue weighted by atomic mass is 15.0. The minimum absolute atomic E-state index is 0.0333. The predicted octanol–water partition coefficient (Wildman–Crippen LogP) is 13.2. The molecule has 7 aromatic rings. The summed E-state index contributed by atoms with van der Waals surface area (Å²) in [4.78, 5) is 5.53. The fourth-order valence-corrected chi connectivity index (χ4v) is 8.52. The highest BCUT2D eigenvalue weighted by molar-refractivity contribution is 6.04. The standard InChI is InChI=1S/C52H44N2/c1-34-35(2)50(54-51(37-18-9-6-10-19-37)53-49(34)43-24-14-20-38(31-43)36-16-7-5-8-17-36)44-25-15-23-41(32-44)39-21-13-22-40(30-39)42-28-29-46-45-26-11-12-27-47(45)52(3,4)48(46)33-42/h5-33,35,50H,1-4H3,(H,53,54). The maximum Gasteiger partial charge on any atom is 0.133 e. The maximum atomic E-state index is 5.53. The van der Waals surface area contributed by atoms with Gasteiger partial charge in [-0.05, 0) is 104 Å². The average Bonchev–Trinajstić information content (AvgIpc) is 3.37. The third kappa shape index (κ3) is 5.98. The molecule has 7 aromatic carbocycles. The normalized spacial score (nSPS) is 17.2. The second-order valence-corrected chi connectivity index (χ2v) is 15.3. The van der Waals surface area contributed by atoms with Crippen molar-refractivity contribution < 1.29 is 0 Å². The first-order valence-electron chi connectivity index (χ1n) is 19.1. The summed E-state index contributed by atoms with van der Waals surface area (Å²) < 4.78 is 0. The Hall–Kier alpha value is -6.25. The minimum atomic E-state index is -0.0776. The summed E-state index contributed by atoms with van der Waals surface area (Å²) in [6, 6.07) is 63.8. The van der Waals surface area contributed by atoms with Gasteiger partial charge in [0.1, 0.15) is 5.84 Å². The first kappa shape index (κ1) is 33.6. The molecule has 0 saturated heterocycles. The van der Waals surface area contributed by atoms with Gasteiger partial charge in [-0.15, -0.1) is 0 Å². The van der Waals surface area contributed by atoms with Crippen LogP contribution in [0.4, 0.5) is 0 Å². The fourth-order valence-electron chi connectivity index (χ4n) is 8.52. The lowest BCUT2D eigenvalue weighted by Gasteiger charge is -2.22. The van der Waals surface area contributed by atoms with Gasteiger partial charge in [0.2, 0.25) is 0 Å². The van der Waals surface area contributed by atoms with Gasteiger partial charge in [-0.2, -0.15) is 0 Å². The molecule has 54 heavy (non-hydrogen) atoms. The summed E-state index contributed by atoms with van der Waals surface area (Å²) in [6.45, 7) is 9.28. The lowest BCUT2D eigenvalue weighted by molar-refractivity contribution is 0.546. The highest BCUT2D eigenvalue weighted by Gasteiger charge is 2.35. The summed E-state index contributed by atoms with van der Waals surface area (Å²) in [7, 11) is 0. The van der Waals surface area contributed by atoms with Crippen LogP contribution in [0.2, 0.25) is 0 Å². The van der Waals surface area contributed by atoms with Crippen molar-refractivity contribution >= 4 is 11.5 Å². The van der Waals surface area contributed by atoms with Crippen LogP contribution in [-0.4, -0.2) is 5.84 Å². The smallest absolute Gasteiger partial charge is 0.133 e. The van der Waals surface area contributed by atoms with Crippen molar-refractivity contribution in [3.63, 3.8) is 0 Å².